The summed E-state index contributed by atoms with van der Waals surface area (Å²) in [6.45, 7) is 9.70. The summed E-state index contributed by atoms with van der Waals surface area (Å²) in [5, 5.41) is 3.48. The Balaban J connectivity index is 1.99. The largest absolute Gasteiger partial charge is 0.341 e. The van der Waals surface area contributed by atoms with Gasteiger partial charge in [-0.25, -0.2) is 0 Å². The Kier molecular flexibility index (Phi) is 4.88. The third kappa shape index (κ3) is 3.13. The van der Waals surface area contributed by atoms with Crippen LogP contribution in [0.2, 0.25) is 0 Å². The van der Waals surface area contributed by atoms with E-state index in [4.69, 9.17) is 0 Å². The number of carbonyl (C=O) groups excluding carboxylic acids is 1. The smallest absolute Gasteiger partial charge is 0.242 e. The first kappa shape index (κ1) is 14.8. The summed E-state index contributed by atoms with van der Waals surface area (Å²) >= 11 is 0. The van der Waals surface area contributed by atoms with Crippen LogP contribution in [-0.4, -0.2) is 36.0 Å². The minimum Gasteiger partial charge on any atom is -0.341 e. The molecule has 3 nitrogen and oxygen atoms in total. The molecule has 0 aliphatic carbocycles. The lowest BCUT2D eigenvalue weighted by molar-refractivity contribution is -0.138. The molecule has 2 saturated heterocycles. The van der Waals surface area contributed by atoms with Gasteiger partial charge in [-0.2, -0.15) is 0 Å². The van der Waals surface area contributed by atoms with Crippen LogP contribution in [0.1, 0.15) is 59.3 Å². The zero-order valence-electron chi connectivity index (χ0n) is 12.9. The molecule has 2 unspecified atom stereocenters. The molecule has 0 aromatic heterocycles. The quantitative estimate of drug-likeness (QED) is 0.852. The molecule has 0 aromatic rings. The van der Waals surface area contributed by atoms with Crippen LogP contribution in [0, 0.1) is 11.8 Å². The fourth-order valence-corrected chi connectivity index (χ4v) is 3.74. The van der Waals surface area contributed by atoms with Gasteiger partial charge in [0.15, 0.2) is 0 Å². The standard InChI is InChI=1S/C16H30N2O/c1-4-16(9-6-10-17-16)15(19)18-11-5-7-14(8-12-18)13(2)3/h13-14,17H,4-12H2,1-3H3. The van der Waals surface area contributed by atoms with Crippen molar-refractivity contribution in [2.24, 2.45) is 11.8 Å². The van der Waals surface area contributed by atoms with Crippen molar-refractivity contribution in [2.75, 3.05) is 19.6 Å². The SMILES string of the molecule is CCC1(C(=O)N2CCCC(C(C)C)CC2)CCCN1. The fourth-order valence-electron chi connectivity index (χ4n) is 3.74. The molecule has 0 bridgehead atoms. The number of nitrogens with zero attached hydrogens (tertiary/aromatic N) is 1. The molecule has 2 aliphatic heterocycles. The number of nitrogens with one attached hydrogen (secondary N) is 1. The molecule has 19 heavy (non-hydrogen) atoms. The molecular formula is C16H30N2O. The third-order valence-corrected chi connectivity index (χ3v) is 5.26. The first-order valence-electron chi connectivity index (χ1n) is 8.13. The molecule has 2 fully saturated rings. The lowest BCUT2D eigenvalue weighted by atomic mass is 9.89. The normalized spacial score (nSPS) is 32.6. The van der Waals surface area contributed by atoms with E-state index in [-0.39, 0.29) is 5.54 Å². The second-order valence-electron chi connectivity index (χ2n) is 6.69. The Bertz CT molecular complexity index is 308. The molecule has 2 heterocycles. The second kappa shape index (κ2) is 6.25. The van der Waals surface area contributed by atoms with Gasteiger partial charge in [-0.15, -0.1) is 0 Å². The van der Waals surface area contributed by atoms with E-state index in [0.29, 0.717) is 5.91 Å². The maximum absolute atomic E-state index is 12.8. The number of rotatable bonds is 3. The summed E-state index contributed by atoms with van der Waals surface area (Å²) in [5.74, 6) is 1.92. The van der Waals surface area contributed by atoms with Crippen molar-refractivity contribution < 1.29 is 4.79 Å². The topological polar surface area (TPSA) is 32.3 Å². The molecule has 2 rings (SSSR count). The van der Waals surface area contributed by atoms with Crippen LogP contribution in [-0.2, 0) is 4.79 Å². The van der Waals surface area contributed by atoms with Crippen molar-refractivity contribution in [3.63, 3.8) is 0 Å². The first-order chi connectivity index (χ1) is 9.09. The van der Waals surface area contributed by atoms with E-state index in [1.54, 1.807) is 0 Å². The van der Waals surface area contributed by atoms with Crippen molar-refractivity contribution in [3.8, 4) is 0 Å². The van der Waals surface area contributed by atoms with Gasteiger partial charge in [-0.3, -0.25) is 4.79 Å². The summed E-state index contributed by atoms with van der Waals surface area (Å²) in [6.07, 6.45) is 6.73. The Morgan fingerprint density at radius 2 is 2.11 bits per heavy atom. The van der Waals surface area contributed by atoms with E-state index in [2.05, 4.69) is 31.0 Å². The predicted molar refractivity (Wildman–Crippen MR) is 79.0 cm³/mol. The van der Waals surface area contributed by atoms with E-state index in [0.717, 1.165) is 50.7 Å². The van der Waals surface area contributed by atoms with Crippen LogP contribution in [0.15, 0.2) is 0 Å². The lowest BCUT2D eigenvalue weighted by Gasteiger charge is -2.33. The Morgan fingerprint density at radius 1 is 1.32 bits per heavy atom. The van der Waals surface area contributed by atoms with Crippen LogP contribution >= 0.6 is 0 Å². The summed E-state index contributed by atoms with van der Waals surface area (Å²) in [5.41, 5.74) is -0.238. The minimum atomic E-state index is -0.238. The fraction of sp³-hybridized carbons (Fsp3) is 0.938. The second-order valence-corrected chi connectivity index (χ2v) is 6.69. The summed E-state index contributed by atoms with van der Waals surface area (Å²) in [6, 6.07) is 0. The highest BCUT2D eigenvalue weighted by atomic mass is 16.2. The Morgan fingerprint density at radius 3 is 2.68 bits per heavy atom. The lowest BCUT2D eigenvalue weighted by Crippen LogP contribution is -2.54. The average molecular weight is 266 g/mol. The molecule has 3 heteroatoms. The van der Waals surface area contributed by atoms with Gasteiger partial charge in [0, 0.05) is 13.1 Å². The highest BCUT2D eigenvalue weighted by Crippen LogP contribution is 2.29. The summed E-state index contributed by atoms with van der Waals surface area (Å²) in [4.78, 5) is 15.0. The molecule has 1 N–H and O–H groups in total. The van der Waals surface area contributed by atoms with Gasteiger partial charge < -0.3 is 10.2 Å². The summed E-state index contributed by atoms with van der Waals surface area (Å²) < 4.78 is 0. The van der Waals surface area contributed by atoms with Crippen molar-refractivity contribution >= 4 is 5.91 Å². The molecule has 0 saturated carbocycles. The number of hydrogen-bond acceptors (Lipinski definition) is 2. The molecule has 2 atom stereocenters. The highest BCUT2D eigenvalue weighted by molar-refractivity contribution is 5.86. The number of carbonyl (C=O) groups is 1. The van der Waals surface area contributed by atoms with Crippen LogP contribution in [0.3, 0.4) is 0 Å². The minimum absolute atomic E-state index is 0.238. The van der Waals surface area contributed by atoms with Crippen molar-refractivity contribution in [1.29, 1.82) is 0 Å². The molecule has 1 amide bonds. The van der Waals surface area contributed by atoms with Gasteiger partial charge >= 0.3 is 0 Å². The monoisotopic (exact) mass is 266 g/mol. The zero-order chi connectivity index (χ0) is 13.9. The maximum atomic E-state index is 12.8. The number of hydrogen-bond donors (Lipinski definition) is 1. The average Bonchev–Trinajstić information content (AvgIpc) is 2.75. The van der Waals surface area contributed by atoms with Crippen LogP contribution < -0.4 is 5.32 Å². The zero-order valence-corrected chi connectivity index (χ0v) is 12.9. The van der Waals surface area contributed by atoms with Gasteiger partial charge in [0.2, 0.25) is 5.91 Å². The molecule has 0 spiro atoms. The van der Waals surface area contributed by atoms with Gasteiger partial charge in [-0.1, -0.05) is 20.8 Å². The maximum Gasteiger partial charge on any atom is 0.242 e. The predicted octanol–water partition coefficient (Wildman–Crippen LogP) is 2.80. The summed E-state index contributed by atoms with van der Waals surface area (Å²) in [7, 11) is 0. The van der Waals surface area contributed by atoms with Crippen molar-refractivity contribution in [1.82, 2.24) is 10.2 Å². The van der Waals surface area contributed by atoms with Crippen molar-refractivity contribution in [2.45, 2.75) is 64.8 Å². The molecule has 0 radical (unpaired) electrons. The van der Waals surface area contributed by atoms with E-state index in [1.165, 1.54) is 19.3 Å². The molecule has 2 aliphatic rings. The van der Waals surface area contributed by atoms with E-state index >= 15 is 0 Å². The van der Waals surface area contributed by atoms with Crippen LogP contribution in [0.4, 0.5) is 0 Å². The van der Waals surface area contributed by atoms with Gasteiger partial charge in [-0.05, 0) is 56.9 Å². The van der Waals surface area contributed by atoms with E-state index in [9.17, 15) is 4.79 Å². The Labute approximate surface area is 118 Å². The van der Waals surface area contributed by atoms with E-state index < -0.39 is 0 Å². The first-order valence-corrected chi connectivity index (χ1v) is 8.13. The molecule has 0 aromatic carbocycles. The van der Waals surface area contributed by atoms with Crippen LogP contribution in [0.25, 0.3) is 0 Å². The van der Waals surface area contributed by atoms with Gasteiger partial charge in [0.1, 0.15) is 0 Å². The van der Waals surface area contributed by atoms with E-state index in [1.807, 2.05) is 0 Å². The third-order valence-electron chi connectivity index (χ3n) is 5.26. The highest BCUT2D eigenvalue weighted by Gasteiger charge is 2.42. The van der Waals surface area contributed by atoms with Crippen LogP contribution in [0.5, 0.6) is 0 Å². The number of likely N-dealkylation sites (tertiary alicyclic amines) is 1. The molecular weight excluding hydrogens is 236 g/mol. The number of amides is 1. The van der Waals surface area contributed by atoms with Gasteiger partial charge in [0.25, 0.3) is 0 Å². The van der Waals surface area contributed by atoms with Gasteiger partial charge in [0.05, 0.1) is 5.54 Å². The Hall–Kier alpha value is -0.570. The molecule has 110 valence electrons. The van der Waals surface area contributed by atoms with Crippen molar-refractivity contribution in [3.05, 3.63) is 0 Å².